The third-order valence-electron chi connectivity index (χ3n) is 5.36. The van der Waals surface area contributed by atoms with E-state index in [-0.39, 0.29) is 10.5 Å². The number of hydrogen-bond acceptors (Lipinski definition) is 7. The lowest BCUT2D eigenvalue weighted by atomic mass is 10.1. The zero-order chi connectivity index (χ0) is 23.5. The van der Waals surface area contributed by atoms with Crippen molar-refractivity contribution in [2.24, 2.45) is 0 Å². The predicted molar refractivity (Wildman–Crippen MR) is 129 cm³/mol. The Hall–Kier alpha value is -3.60. The molecule has 0 spiro atoms. The molecule has 0 atom stereocenters. The van der Waals surface area contributed by atoms with Gasteiger partial charge in [0.05, 0.1) is 11.1 Å². The standard InChI is InChI=1S/C24H20N4O4S2/c29-24(27-19-4-2-5-20(14-19)32-23-15-25-9-10-26-23)17-3-1-6-21(13-17)34(30,31)28-11-7-22-18(16-28)8-12-33-22/h1-6,8-10,12-15H,7,11,16H2,(H,27,29). The van der Waals surface area contributed by atoms with Gasteiger partial charge in [0, 0.05) is 47.7 Å². The lowest BCUT2D eigenvalue weighted by Crippen LogP contribution is -2.35. The van der Waals surface area contributed by atoms with E-state index < -0.39 is 15.9 Å². The van der Waals surface area contributed by atoms with Crippen LogP contribution >= 0.6 is 11.3 Å². The molecule has 10 heteroatoms. The summed E-state index contributed by atoms with van der Waals surface area (Å²) in [4.78, 5) is 22.2. The number of carbonyl (C=O) groups is 1. The van der Waals surface area contributed by atoms with E-state index in [9.17, 15) is 13.2 Å². The van der Waals surface area contributed by atoms with Gasteiger partial charge in [0.2, 0.25) is 15.9 Å². The molecule has 0 saturated carbocycles. The summed E-state index contributed by atoms with van der Waals surface area (Å²) in [6, 6.07) is 14.9. The van der Waals surface area contributed by atoms with Crippen molar-refractivity contribution in [3.05, 3.63) is 94.6 Å². The number of rotatable bonds is 6. The number of thiophene rings is 1. The van der Waals surface area contributed by atoms with Crippen LogP contribution in [0.5, 0.6) is 11.6 Å². The van der Waals surface area contributed by atoms with Crippen LogP contribution in [0.4, 0.5) is 5.69 Å². The van der Waals surface area contributed by atoms with E-state index in [1.54, 1.807) is 53.9 Å². The van der Waals surface area contributed by atoms with Gasteiger partial charge in [-0.1, -0.05) is 12.1 Å². The number of amides is 1. The molecule has 5 rings (SSSR count). The maximum Gasteiger partial charge on any atom is 0.255 e. The molecule has 0 bridgehead atoms. The SMILES string of the molecule is O=C(Nc1cccc(Oc2cnccn2)c1)c1cccc(S(=O)(=O)N2CCc3sccc3C2)c1. The Labute approximate surface area is 200 Å². The number of sulfonamides is 1. The van der Waals surface area contributed by atoms with Crippen LogP contribution < -0.4 is 10.1 Å². The van der Waals surface area contributed by atoms with Crippen molar-refractivity contribution in [3.8, 4) is 11.6 Å². The number of carbonyl (C=O) groups excluding carboxylic acids is 1. The second-order valence-corrected chi connectivity index (χ2v) is 10.6. The summed E-state index contributed by atoms with van der Waals surface area (Å²) in [5.41, 5.74) is 1.78. The van der Waals surface area contributed by atoms with Crippen LogP contribution in [0.15, 0.2) is 83.5 Å². The molecule has 34 heavy (non-hydrogen) atoms. The van der Waals surface area contributed by atoms with Crippen LogP contribution in [0.3, 0.4) is 0 Å². The molecule has 0 saturated heterocycles. The lowest BCUT2D eigenvalue weighted by Gasteiger charge is -2.26. The summed E-state index contributed by atoms with van der Waals surface area (Å²) < 4.78 is 33.6. The van der Waals surface area contributed by atoms with Crippen LogP contribution in [-0.2, 0) is 23.0 Å². The first-order valence-electron chi connectivity index (χ1n) is 10.5. The van der Waals surface area contributed by atoms with Crippen LogP contribution in [0.2, 0.25) is 0 Å². The summed E-state index contributed by atoms with van der Waals surface area (Å²) in [6.45, 7) is 0.765. The van der Waals surface area contributed by atoms with E-state index >= 15 is 0 Å². The first-order chi connectivity index (χ1) is 16.5. The maximum atomic E-state index is 13.2. The van der Waals surface area contributed by atoms with Crippen molar-refractivity contribution in [1.82, 2.24) is 14.3 Å². The molecular formula is C24H20N4O4S2. The van der Waals surface area contributed by atoms with Crippen molar-refractivity contribution in [2.75, 3.05) is 11.9 Å². The Kier molecular flexibility index (Phi) is 6.10. The van der Waals surface area contributed by atoms with Crippen molar-refractivity contribution in [2.45, 2.75) is 17.9 Å². The average Bonchev–Trinajstić information content (AvgIpc) is 3.33. The van der Waals surface area contributed by atoms with Gasteiger partial charge in [-0.15, -0.1) is 11.3 Å². The third kappa shape index (κ3) is 4.69. The van der Waals surface area contributed by atoms with E-state index in [4.69, 9.17) is 4.74 Å². The summed E-state index contributed by atoms with van der Waals surface area (Å²) in [5.74, 6) is 0.385. The Morgan fingerprint density at radius 1 is 1.09 bits per heavy atom. The van der Waals surface area contributed by atoms with Crippen LogP contribution in [0, 0.1) is 0 Å². The van der Waals surface area contributed by atoms with Gasteiger partial charge in [-0.3, -0.25) is 9.78 Å². The van der Waals surface area contributed by atoms with Gasteiger partial charge in [0.15, 0.2) is 0 Å². The molecular weight excluding hydrogens is 472 g/mol. The molecule has 8 nitrogen and oxygen atoms in total. The zero-order valence-electron chi connectivity index (χ0n) is 17.9. The minimum Gasteiger partial charge on any atom is -0.437 e. The van der Waals surface area contributed by atoms with Gasteiger partial charge in [-0.05, 0) is 53.8 Å². The van der Waals surface area contributed by atoms with Crippen LogP contribution in [-0.4, -0.2) is 35.1 Å². The fourth-order valence-electron chi connectivity index (χ4n) is 3.67. The summed E-state index contributed by atoms with van der Waals surface area (Å²) in [7, 11) is -3.73. The van der Waals surface area contributed by atoms with Crippen LogP contribution in [0.25, 0.3) is 0 Å². The van der Waals surface area contributed by atoms with E-state index in [0.29, 0.717) is 36.8 Å². The first-order valence-corrected chi connectivity index (χ1v) is 12.8. The van der Waals surface area contributed by atoms with E-state index in [2.05, 4.69) is 15.3 Å². The molecule has 2 aromatic heterocycles. The number of benzene rings is 2. The molecule has 1 N–H and O–H groups in total. The number of aromatic nitrogens is 2. The number of nitrogens with one attached hydrogen (secondary N) is 1. The minimum atomic E-state index is -3.73. The van der Waals surface area contributed by atoms with E-state index in [1.165, 1.54) is 33.7 Å². The molecule has 0 fully saturated rings. The largest absolute Gasteiger partial charge is 0.437 e. The number of nitrogens with zero attached hydrogens (tertiary/aromatic N) is 3. The molecule has 4 aromatic rings. The highest BCUT2D eigenvalue weighted by molar-refractivity contribution is 7.89. The number of fused-ring (bicyclic) bond motifs is 1. The average molecular weight is 493 g/mol. The van der Waals surface area contributed by atoms with Crippen molar-refractivity contribution >= 4 is 33.0 Å². The van der Waals surface area contributed by atoms with E-state index in [0.717, 1.165) is 5.56 Å². The lowest BCUT2D eigenvalue weighted by molar-refractivity contribution is 0.102. The number of anilines is 1. The maximum absolute atomic E-state index is 13.2. The van der Waals surface area contributed by atoms with Crippen molar-refractivity contribution in [1.29, 1.82) is 0 Å². The summed E-state index contributed by atoms with van der Waals surface area (Å²) in [5, 5.41) is 4.78. The molecule has 172 valence electrons. The zero-order valence-corrected chi connectivity index (χ0v) is 19.6. The monoisotopic (exact) mass is 492 g/mol. The van der Waals surface area contributed by atoms with Gasteiger partial charge in [0.1, 0.15) is 5.75 Å². The molecule has 1 amide bonds. The van der Waals surface area contributed by atoms with Gasteiger partial charge >= 0.3 is 0 Å². The molecule has 2 aromatic carbocycles. The molecule has 0 unspecified atom stereocenters. The second kappa shape index (κ2) is 9.34. The Morgan fingerprint density at radius 3 is 2.82 bits per heavy atom. The van der Waals surface area contributed by atoms with Crippen molar-refractivity contribution in [3.63, 3.8) is 0 Å². The molecule has 1 aliphatic heterocycles. The van der Waals surface area contributed by atoms with Gasteiger partial charge < -0.3 is 10.1 Å². The molecule has 1 aliphatic rings. The smallest absolute Gasteiger partial charge is 0.255 e. The highest BCUT2D eigenvalue weighted by atomic mass is 32.2. The molecule has 0 radical (unpaired) electrons. The summed E-state index contributed by atoms with van der Waals surface area (Å²) >= 11 is 1.65. The predicted octanol–water partition coefficient (Wildman–Crippen LogP) is 4.33. The fraction of sp³-hybridized carbons (Fsp3) is 0.125. The highest BCUT2D eigenvalue weighted by Gasteiger charge is 2.29. The summed E-state index contributed by atoms with van der Waals surface area (Å²) in [6.07, 6.45) is 5.24. The first kappa shape index (κ1) is 22.2. The van der Waals surface area contributed by atoms with Gasteiger partial charge in [-0.2, -0.15) is 4.31 Å². The number of hydrogen-bond donors (Lipinski definition) is 1. The minimum absolute atomic E-state index is 0.0959. The number of ether oxygens (including phenoxy) is 1. The third-order valence-corrected chi connectivity index (χ3v) is 8.22. The normalized spacial score (nSPS) is 13.8. The van der Waals surface area contributed by atoms with Gasteiger partial charge in [-0.25, -0.2) is 13.4 Å². The van der Waals surface area contributed by atoms with E-state index in [1.807, 2.05) is 11.4 Å². The topological polar surface area (TPSA) is 101 Å². The molecule has 3 heterocycles. The van der Waals surface area contributed by atoms with Gasteiger partial charge in [0.25, 0.3) is 5.91 Å². The highest BCUT2D eigenvalue weighted by Crippen LogP contribution is 2.29. The Morgan fingerprint density at radius 2 is 1.97 bits per heavy atom. The Balaban J connectivity index is 1.32. The second-order valence-electron chi connectivity index (χ2n) is 7.61. The fourth-order valence-corrected chi connectivity index (χ4v) is 6.03. The molecule has 0 aliphatic carbocycles. The van der Waals surface area contributed by atoms with Crippen LogP contribution in [0.1, 0.15) is 20.8 Å². The van der Waals surface area contributed by atoms with Crippen molar-refractivity contribution < 1.29 is 17.9 Å². The quantitative estimate of drug-likeness (QED) is 0.430. The Bertz CT molecular complexity index is 1440.